The Balaban J connectivity index is 3.23. The van der Waals surface area contributed by atoms with Crippen molar-refractivity contribution >= 4 is 5.97 Å². The summed E-state index contributed by atoms with van der Waals surface area (Å²) in [5.41, 5.74) is -2.41. The van der Waals surface area contributed by atoms with Gasteiger partial charge >= 0.3 is 5.97 Å². The average molecular weight is 228 g/mol. The van der Waals surface area contributed by atoms with E-state index in [1.807, 2.05) is 0 Å². The van der Waals surface area contributed by atoms with Crippen molar-refractivity contribution in [1.29, 1.82) is 0 Å². The van der Waals surface area contributed by atoms with Crippen LogP contribution in [-0.2, 0) is 4.79 Å². The molecule has 0 spiro atoms. The molecule has 1 rings (SSSR count). The maximum Gasteiger partial charge on any atom is 0.321 e. The number of carboxylic acids is 1. The summed E-state index contributed by atoms with van der Waals surface area (Å²) >= 11 is 0. The molecule has 0 fully saturated rings. The molecule has 0 radical (unpaired) electrons. The van der Waals surface area contributed by atoms with Crippen LogP contribution in [0.1, 0.15) is 6.92 Å². The van der Waals surface area contributed by atoms with Crippen LogP contribution in [0.15, 0.2) is 23.9 Å². The molecule has 0 bridgehead atoms. The van der Waals surface area contributed by atoms with Crippen molar-refractivity contribution in [2.24, 2.45) is 5.92 Å². The van der Waals surface area contributed by atoms with E-state index in [0.29, 0.717) is 0 Å². The third kappa shape index (κ3) is 1.90. The summed E-state index contributed by atoms with van der Waals surface area (Å²) in [6.45, 7) is 1.16. The third-order valence-electron chi connectivity index (χ3n) is 2.26. The van der Waals surface area contributed by atoms with Gasteiger partial charge in [-0.1, -0.05) is 6.08 Å². The van der Waals surface area contributed by atoms with Crippen LogP contribution in [0.5, 0.6) is 0 Å². The molecule has 0 aromatic heterocycles. The average Bonchev–Trinajstić information content (AvgIpc) is 2.16. The van der Waals surface area contributed by atoms with E-state index in [1.54, 1.807) is 0 Å². The molecule has 16 heavy (non-hydrogen) atoms. The van der Waals surface area contributed by atoms with E-state index in [9.17, 15) is 25.0 Å². The molecule has 86 valence electrons. The second-order valence-corrected chi connectivity index (χ2v) is 3.48. The second kappa shape index (κ2) is 3.72. The molecule has 8 heteroatoms. The molecule has 0 aliphatic heterocycles. The predicted octanol–water partition coefficient (Wildman–Crippen LogP) is 0.453. The fraction of sp³-hybridized carbons (Fsp3) is 0.375. The van der Waals surface area contributed by atoms with Gasteiger partial charge in [0.25, 0.3) is 11.2 Å². The van der Waals surface area contributed by atoms with E-state index < -0.39 is 33.0 Å². The molecule has 0 aromatic carbocycles. The van der Waals surface area contributed by atoms with Gasteiger partial charge in [0.05, 0.1) is 11.0 Å². The Morgan fingerprint density at radius 2 is 2.06 bits per heavy atom. The molecule has 8 nitrogen and oxygen atoms in total. The Morgan fingerprint density at radius 1 is 1.50 bits per heavy atom. The minimum atomic E-state index is -1.73. The first-order valence-corrected chi connectivity index (χ1v) is 4.22. The number of carbonyl (C=O) groups is 1. The minimum absolute atomic E-state index is 0.686. The van der Waals surface area contributed by atoms with Crippen LogP contribution < -0.4 is 0 Å². The second-order valence-electron chi connectivity index (χ2n) is 3.48. The van der Waals surface area contributed by atoms with Crippen molar-refractivity contribution in [1.82, 2.24) is 0 Å². The lowest BCUT2D eigenvalue weighted by Gasteiger charge is -2.18. The number of rotatable bonds is 3. The Hall–Kier alpha value is -2.25. The van der Waals surface area contributed by atoms with Crippen LogP contribution >= 0.6 is 0 Å². The first-order valence-electron chi connectivity index (χ1n) is 4.22. The van der Waals surface area contributed by atoms with Gasteiger partial charge in [-0.3, -0.25) is 25.0 Å². The van der Waals surface area contributed by atoms with Crippen LogP contribution in [0.4, 0.5) is 0 Å². The molecule has 2 atom stereocenters. The SMILES string of the molecule is CC1([N+](=O)[O-])C=CC(C(=O)O)C([N+](=O)[O-])=C1. The van der Waals surface area contributed by atoms with Gasteiger partial charge in [-0.2, -0.15) is 0 Å². The summed E-state index contributed by atoms with van der Waals surface area (Å²) in [4.78, 5) is 30.3. The number of aliphatic carboxylic acids is 1. The Morgan fingerprint density at radius 3 is 2.44 bits per heavy atom. The topological polar surface area (TPSA) is 124 Å². The number of hydrogen-bond acceptors (Lipinski definition) is 5. The maximum atomic E-state index is 10.7. The lowest BCUT2D eigenvalue weighted by atomic mass is 9.89. The van der Waals surface area contributed by atoms with E-state index in [0.717, 1.165) is 25.2 Å². The smallest absolute Gasteiger partial charge is 0.321 e. The largest absolute Gasteiger partial charge is 0.480 e. The highest BCUT2D eigenvalue weighted by Crippen LogP contribution is 2.27. The highest BCUT2D eigenvalue weighted by Gasteiger charge is 2.43. The van der Waals surface area contributed by atoms with Crippen molar-refractivity contribution in [3.8, 4) is 0 Å². The number of nitro groups is 2. The molecule has 0 amide bonds. The molecule has 1 N–H and O–H groups in total. The van der Waals surface area contributed by atoms with Crippen molar-refractivity contribution < 1.29 is 19.7 Å². The Kier molecular flexibility index (Phi) is 2.75. The van der Waals surface area contributed by atoms with Gasteiger partial charge in [0.1, 0.15) is 0 Å². The van der Waals surface area contributed by atoms with Crippen LogP contribution in [0.25, 0.3) is 0 Å². The van der Waals surface area contributed by atoms with Crippen molar-refractivity contribution in [2.75, 3.05) is 0 Å². The van der Waals surface area contributed by atoms with Gasteiger partial charge in [-0.15, -0.1) is 0 Å². The fourth-order valence-corrected chi connectivity index (χ4v) is 1.32. The van der Waals surface area contributed by atoms with Crippen LogP contribution in [-0.4, -0.2) is 26.5 Å². The number of hydrogen-bond donors (Lipinski definition) is 1. The summed E-state index contributed by atoms with van der Waals surface area (Å²) in [6, 6.07) is 0. The van der Waals surface area contributed by atoms with Crippen molar-refractivity contribution in [2.45, 2.75) is 12.5 Å². The van der Waals surface area contributed by atoms with E-state index in [4.69, 9.17) is 5.11 Å². The zero-order chi connectivity index (χ0) is 12.5. The highest BCUT2D eigenvalue weighted by molar-refractivity contribution is 5.75. The van der Waals surface area contributed by atoms with E-state index in [1.165, 1.54) is 0 Å². The fourth-order valence-electron chi connectivity index (χ4n) is 1.32. The summed E-state index contributed by atoms with van der Waals surface area (Å²) in [5.74, 6) is -2.85. The highest BCUT2D eigenvalue weighted by atomic mass is 16.6. The predicted molar refractivity (Wildman–Crippen MR) is 50.7 cm³/mol. The lowest BCUT2D eigenvalue weighted by molar-refractivity contribution is -0.538. The normalized spacial score (nSPS) is 28.3. The maximum absolute atomic E-state index is 10.7. The summed E-state index contributed by atoms with van der Waals surface area (Å²) in [7, 11) is 0. The first-order chi connectivity index (χ1) is 7.28. The molecule has 2 unspecified atom stereocenters. The molecule has 1 aliphatic rings. The third-order valence-corrected chi connectivity index (χ3v) is 2.26. The van der Waals surface area contributed by atoms with Crippen molar-refractivity contribution in [3.63, 3.8) is 0 Å². The monoisotopic (exact) mass is 228 g/mol. The Bertz CT molecular complexity index is 426. The van der Waals surface area contributed by atoms with Gasteiger partial charge in [0, 0.05) is 11.8 Å². The van der Waals surface area contributed by atoms with Crippen LogP contribution in [0, 0.1) is 26.1 Å². The quantitative estimate of drug-likeness (QED) is 0.425. The van der Waals surface area contributed by atoms with Gasteiger partial charge < -0.3 is 5.11 Å². The van der Waals surface area contributed by atoms with Crippen LogP contribution in [0.3, 0.4) is 0 Å². The first kappa shape index (κ1) is 11.8. The molecule has 0 heterocycles. The van der Waals surface area contributed by atoms with E-state index >= 15 is 0 Å². The van der Waals surface area contributed by atoms with Gasteiger partial charge in [0.15, 0.2) is 5.92 Å². The molecule has 0 saturated carbocycles. The van der Waals surface area contributed by atoms with E-state index in [2.05, 4.69) is 0 Å². The molecule has 1 aliphatic carbocycles. The number of nitrogens with zero attached hydrogens (tertiary/aromatic N) is 2. The molecular formula is C8H8N2O6. The van der Waals surface area contributed by atoms with Gasteiger partial charge in [-0.05, 0) is 6.08 Å². The zero-order valence-corrected chi connectivity index (χ0v) is 8.19. The standard InChI is InChI=1S/C8H8N2O6/c1-8(10(15)16)3-2-5(7(11)12)6(4-8)9(13)14/h2-5H,1H3,(H,11,12). The van der Waals surface area contributed by atoms with Gasteiger partial charge in [-0.25, -0.2) is 0 Å². The Labute approximate surface area is 89.2 Å². The molecule has 0 aromatic rings. The summed E-state index contributed by atoms with van der Waals surface area (Å²) in [6.07, 6.45) is 2.76. The minimum Gasteiger partial charge on any atom is -0.480 e. The molecular weight excluding hydrogens is 220 g/mol. The summed E-state index contributed by atoms with van der Waals surface area (Å²) < 4.78 is 0. The number of carboxylic acid groups (broad SMARTS) is 1. The van der Waals surface area contributed by atoms with Crippen LogP contribution in [0.2, 0.25) is 0 Å². The van der Waals surface area contributed by atoms with E-state index in [-0.39, 0.29) is 0 Å². The molecule has 0 saturated heterocycles. The van der Waals surface area contributed by atoms with Crippen molar-refractivity contribution in [3.05, 3.63) is 44.2 Å². The summed E-state index contributed by atoms with van der Waals surface area (Å²) in [5, 5.41) is 30.0. The lowest BCUT2D eigenvalue weighted by Crippen LogP contribution is -2.36. The zero-order valence-electron chi connectivity index (χ0n) is 8.19. The van der Waals surface area contributed by atoms with Gasteiger partial charge in [0.2, 0.25) is 0 Å².